The maximum absolute atomic E-state index is 12.8. The molecule has 116 valence electrons. The fraction of sp³-hybridized carbons (Fsp3) is 0.333. The number of nitrogens with two attached hydrogens (primary N) is 1. The second-order valence-electron chi connectivity index (χ2n) is 4.41. The molecule has 0 unspecified atom stereocenters. The Labute approximate surface area is 126 Å². The molecule has 0 spiro atoms. The van der Waals surface area contributed by atoms with E-state index in [9.17, 15) is 8.42 Å². The quantitative estimate of drug-likeness (QED) is 0.703. The van der Waals surface area contributed by atoms with Gasteiger partial charge in [-0.1, -0.05) is 12.2 Å². The summed E-state index contributed by atoms with van der Waals surface area (Å²) in [6.07, 6.45) is 3.56. The molecule has 1 aromatic rings. The average molecular weight is 310 g/mol. The van der Waals surface area contributed by atoms with Crippen molar-refractivity contribution in [3.8, 4) is 5.75 Å². The van der Waals surface area contributed by atoms with E-state index in [1.54, 1.807) is 30.4 Å². The summed E-state index contributed by atoms with van der Waals surface area (Å²) in [5.74, 6) is 0.608. The van der Waals surface area contributed by atoms with Crippen molar-refractivity contribution in [2.24, 2.45) is 5.73 Å². The van der Waals surface area contributed by atoms with Gasteiger partial charge in [-0.3, -0.25) is 0 Å². The van der Waals surface area contributed by atoms with E-state index in [2.05, 4.69) is 13.2 Å². The Hall–Kier alpha value is -1.63. The lowest BCUT2D eigenvalue weighted by atomic mass is 10.1. The van der Waals surface area contributed by atoms with Gasteiger partial charge in [0.15, 0.2) is 0 Å². The summed E-state index contributed by atoms with van der Waals surface area (Å²) in [6.45, 7) is 8.00. The molecule has 0 bridgehead atoms. The highest BCUT2D eigenvalue weighted by atomic mass is 32.2. The zero-order valence-corrected chi connectivity index (χ0v) is 13.1. The first-order valence-electron chi connectivity index (χ1n) is 6.60. The van der Waals surface area contributed by atoms with Gasteiger partial charge in [-0.05, 0) is 36.7 Å². The molecular formula is C15H22N2O3S. The van der Waals surface area contributed by atoms with Crippen LogP contribution in [0.4, 0.5) is 0 Å². The number of benzene rings is 1. The number of rotatable bonds is 9. The van der Waals surface area contributed by atoms with Gasteiger partial charge in [0.25, 0.3) is 0 Å². The van der Waals surface area contributed by atoms with Gasteiger partial charge in [0, 0.05) is 13.1 Å². The molecule has 0 fully saturated rings. The molecule has 0 radical (unpaired) electrons. The number of hydrogen-bond acceptors (Lipinski definition) is 4. The predicted molar refractivity (Wildman–Crippen MR) is 84.9 cm³/mol. The van der Waals surface area contributed by atoms with Crippen molar-refractivity contribution in [1.82, 2.24) is 4.31 Å². The third kappa shape index (κ3) is 4.17. The molecule has 0 aliphatic carbocycles. The van der Waals surface area contributed by atoms with Crippen molar-refractivity contribution in [2.45, 2.75) is 11.3 Å². The highest BCUT2D eigenvalue weighted by Crippen LogP contribution is 2.25. The molecule has 21 heavy (non-hydrogen) atoms. The molecule has 1 rings (SSSR count). The lowest BCUT2D eigenvalue weighted by Crippen LogP contribution is -2.32. The lowest BCUT2D eigenvalue weighted by Gasteiger charge is -2.21. The molecule has 0 amide bonds. The molecule has 2 N–H and O–H groups in total. The Morgan fingerprint density at radius 1 is 1.29 bits per heavy atom. The van der Waals surface area contributed by atoms with Crippen LogP contribution in [0.5, 0.6) is 5.75 Å². The first kappa shape index (κ1) is 17.4. The van der Waals surface area contributed by atoms with Gasteiger partial charge in [0.2, 0.25) is 10.0 Å². The Bertz CT molecular complexity index is 587. The van der Waals surface area contributed by atoms with Crippen LogP contribution in [0.2, 0.25) is 0 Å². The summed E-state index contributed by atoms with van der Waals surface area (Å²) in [4.78, 5) is 0.248. The van der Waals surface area contributed by atoms with E-state index in [1.165, 1.54) is 11.4 Å². The Morgan fingerprint density at radius 3 is 2.38 bits per heavy atom. The molecule has 0 heterocycles. The number of ether oxygens (including phenoxy) is 1. The monoisotopic (exact) mass is 310 g/mol. The van der Waals surface area contributed by atoms with E-state index >= 15 is 0 Å². The smallest absolute Gasteiger partial charge is 0.243 e. The van der Waals surface area contributed by atoms with Crippen LogP contribution in [-0.2, 0) is 16.4 Å². The van der Waals surface area contributed by atoms with Crippen LogP contribution < -0.4 is 10.5 Å². The van der Waals surface area contributed by atoms with Crippen LogP contribution >= 0.6 is 0 Å². The van der Waals surface area contributed by atoms with Crippen LogP contribution in [0, 0.1) is 0 Å². The molecule has 5 nitrogen and oxygen atoms in total. The Kier molecular flexibility index (Phi) is 6.61. The molecule has 0 atom stereocenters. The molecule has 1 aromatic carbocycles. The van der Waals surface area contributed by atoms with E-state index in [0.717, 1.165) is 0 Å². The van der Waals surface area contributed by atoms with Crippen LogP contribution in [0.15, 0.2) is 48.4 Å². The van der Waals surface area contributed by atoms with Gasteiger partial charge >= 0.3 is 0 Å². The van der Waals surface area contributed by atoms with E-state index in [1.807, 2.05) is 0 Å². The number of methoxy groups -OCH3 is 1. The average Bonchev–Trinajstić information content (AvgIpc) is 2.47. The molecule has 0 saturated carbocycles. The summed E-state index contributed by atoms with van der Waals surface area (Å²) in [6, 6.07) is 4.89. The SMILES string of the molecule is C=CCN(CC=C)S(=O)(=O)c1ccc(OC)cc1CCN. The van der Waals surface area contributed by atoms with Crippen molar-refractivity contribution >= 4 is 10.0 Å². The van der Waals surface area contributed by atoms with Crippen molar-refractivity contribution in [3.63, 3.8) is 0 Å². The fourth-order valence-electron chi connectivity index (χ4n) is 1.98. The normalized spacial score (nSPS) is 11.4. The minimum atomic E-state index is -3.62. The van der Waals surface area contributed by atoms with E-state index in [-0.39, 0.29) is 18.0 Å². The number of hydrogen-bond donors (Lipinski definition) is 1. The molecule has 6 heteroatoms. The van der Waals surface area contributed by atoms with Crippen molar-refractivity contribution in [3.05, 3.63) is 49.1 Å². The van der Waals surface area contributed by atoms with Crippen LogP contribution in [-0.4, -0.2) is 39.5 Å². The topological polar surface area (TPSA) is 72.6 Å². The summed E-state index contributed by atoms with van der Waals surface area (Å²) >= 11 is 0. The third-order valence-electron chi connectivity index (χ3n) is 2.96. The second-order valence-corrected chi connectivity index (χ2v) is 6.32. The lowest BCUT2D eigenvalue weighted by molar-refractivity contribution is 0.413. The fourth-order valence-corrected chi connectivity index (χ4v) is 3.60. The zero-order chi connectivity index (χ0) is 15.9. The van der Waals surface area contributed by atoms with Crippen LogP contribution in [0.3, 0.4) is 0 Å². The van der Waals surface area contributed by atoms with Crippen LogP contribution in [0.25, 0.3) is 0 Å². The first-order valence-corrected chi connectivity index (χ1v) is 8.04. The standard InChI is InChI=1S/C15H22N2O3S/c1-4-10-17(11-5-2)21(18,19)15-7-6-14(20-3)12-13(15)8-9-16/h4-7,12H,1-2,8-11,16H2,3H3. The summed E-state index contributed by atoms with van der Waals surface area (Å²) < 4.78 is 32.0. The van der Waals surface area contributed by atoms with Gasteiger partial charge in [-0.2, -0.15) is 4.31 Å². The third-order valence-corrected chi connectivity index (χ3v) is 4.90. The van der Waals surface area contributed by atoms with Crippen LogP contribution in [0.1, 0.15) is 5.56 Å². The predicted octanol–water partition coefficient (Wildman–Crippen LogP) is 1.56. The van der Waals surface area contributed by atoms with E-state index in [0.29, 0.717) is 24.3 Å². The van der Waals surface area contributed by atoms with E-state index < -0.39 is 10.0 Å². The number of nitrogens with zero attached hydrogens (tertiary/aromatic N) is 1. The minimum absolute atomic E-state index is 0.225. The van der Waals surface area contributed by atoms with Crippen molar-refractivity contribution in [1.29, 1.82) is 0 Å². The Balaban J connectivity index is 3.33. The highest BCUT2D eigenvalue weighted by molar-refractivity contribution is 7.89. The van der Waals surface area contributed by atoms with Gasteiger partial charge in [0.1, 0.15) is 5.75 Å². The van der Waals surface area contributed by atoms with Gasteiger partial charge < -0.3 is 10.5 Å². The maximum Gasteiger partial charge on any atom is 0.243 e. The summed E-state index contributed by atoms with van der Waals surface area (Å²) in [5, 5.41) is 0. The van der Waals surface area contributed by atoms with Gasteiger partial charge in [0.05, 0.1) is 12.0 Å². The van der Waals surface area contributed by atoms with Crippen molar-refractivity contribution in [2.75, 3.05) is 26.7 Å². The zero-order valence-electron chi connectivity index (χ0n) is 12.3. The minimum Gasteiger partial charge on any atom is -0.497 e. The Morgan fingerprint density at radius 2 is 1.90 bits per heavy atom. The van der Waals surface area contributed by atoms with E-state index in [4.69, 9.17) is 10.5 Å². The van der Waals surface area contributed by atoms with Gasteiger partial charge in [-0.15, -0.1) is 13.2 Å². The second kappa shape index (κ2) is 7.97. The van der Waals surface area contributed by atoms with Gasteiger partial charge in [-0.25, -0.2) is 8.42 Å². The first-order chi connectivity index (χ1) is 10.0. The molecular weight excluding hydrogens is 288 g/mol. The number of sulfonamides is 1. The summed E-state index contributed by atoms with van der Waals surface area (Å²) in [7, 11) is -2.08. The largest absolute Gasteiger partial charge is 0.497 e. The molecule has 0 aromatic heterocycles. The highest BCUT2D eigenvalue weighted by Gasteiger charge is 2.25. The molecule has 0 saturated heterocycles. The molecule has 0 aliphatic heterocycles. The maximum atomic E-state index is 12.8. The summed E-state index contributed by atoms with van der Waals surface area (Å²) in [5.41, 5.74) is 6.22. The molecule has 0 aliphatic rings. The van der Waals surface area contributed by atoms with Crippen molar-refractivity contribution < 1.29 is 13.2 Å².